The van der Waals surface area contributed by atoms with E-state index >= 15 is 0 Å². The van der Waals surface area contributed by atoms with Gasteiger partial charge in [-0.15, -0.1) is 0 Å². The van der Waals surface area contributed by atoms with Crippen LogP contribution in [-0.2, 0) is 4.74 Å². The Hall–Kier alpha value is -1.06. The summed E-state index contributed by atoms with van der Waals surface area (Å²) in [7, 11) is 0. The van der Waals surface area contributed by atoms with E-state index in [2.05, 4.69) is 6.07 Å². The molecule has 66 valence electrons. The molecule has 0 aromatic heterocycles. The van der Waals surface area contributed by atoms with Gasteiger partial charge in [0.2, 0.25) is 0 Å². The van der Waals surface area contributed by atoms with Crippen LogP contribution < -0.4 is 0 Å². The van der Waals surface area contributed by atoms with Gasteiger partial charge in [0.05, 0.1) is 37.2 Å². The van der Waals surface area contributed by atoms with E-state index in [1.165, 1.54) is 0 Å². The van der Waals surface area contributed by atoms with Crippen LogP contribution in [0.25, 0.3) is 0 Å². The van der Waals surface area contributed by atoms with E-state index in [0.29, 0.717) is 12.8 Å². The summed E-state index contributed by atoms with van der Waals surface area (Å²) in [5.74, 6) is 0. The van der Waals surface area contributed by atoms with Crippen molar-refractivity contribution in [3.63, 3.8) is 0 Å². The van der Waals surface area contributed by atoms with Gasteiger partial charge >= 0.3 is 0 Å². The van der Waals surface area contributed by atoms with Crippen molar-refractivity contribution in [1.82, 2.24) is 0 Å². The Kier molecular flexibility index (Phi) is 6.05. The summed E-state index contributed by atoms with van der Waals surface area (Å²) in [6, 6.07) is 4.09. The monoisotopic (exact) mass is 166 g/mol. The lowest BCUT2D eigenvalue weighted by Crippen LogP contribution is -2.18. The summed E-state index contributed by atoms with van der Waals surface area (Å²) in [5.41, 5.74) is 0. The summed E-state index contributed by atoms with van der Waals surface area (Å²) in [4.78, 5) is 0. The lowest BCUT2D eigenvalue weighted by molar-refractivity contribution is 0.00154. The Labute approximate surface area is 73.6 Å². The van der Waals surface area contributed by atoms with Crippen molar-refractivity contribution < 1.29 is 4.74 Å². The van der Waals surface area contributed by atoms with Crippen LogP contribution in [0.3, 0.4) is 0 Å². The average Bonchev–Trinajstić information content (AvgIpc) is 2.04. The van der Waals surface area contributed by atoms with Gasteiger partial charge in [0.25, 0.3) is 0 Å². The molecule has 3 heteroatoms. The second-order valence-corrected chi connectivity index (χ2v) is 2.70. The molecule has 0 spiro atoms. The molecule has 0 aromatic carbocycles. The van der Waals surface area contributed by atoms with E-state index in [-0.39, 0.29) is 12.2 Å². The van der Waals surface area contributed by atoms with Gasteiger partial charge in [0.1, 0.15) is 0 Å². The highest BCUT2D eigenvalue weighted by molar-refractivity contribution is 4.78. The quantitative estimate of drug-likeness (QED) is 0.627. The van der Waals surface area contributed by atoms with E-state index in [4.69, 9.17) is 15.3 Å². The molecule has 3 nitrogen and oxygen atoms in total. The van der Waals surface area contributed by atoms with Gasteiger partial charge in [-0.25, -0.2) is 0 Å². The van der Waals surface area contributed by atoms with Crippen LogP contribution in [0, 0.1) is 22.7 Å². The molecule has 0 aromatic rings. The second-order valence-electron chi connectivity index (χ2n) is 2.70. The van der Waals surface area contributed by atoms with Crippen molar-refractivity contribution in [1.29, 1.82) is 10.5 Å². The van der Waals surface area contributed by atoms with Crippen molar-refractivity contribution in [3.8, 4) is 12.1 Å². The number of hydrogen-bond donors (Lipinski definition) is 0. The molecule has 0 bridgehead atoms. The molecule has 0 saturated carbocycles. The summed E-state index contributed by atoms with van der Waals surface area (Å²) >= 11 is 0. The molecule has 0 rings (SSSR count). The predicted octanol–water partition coefficient (Wildman–Crippen LogP) is 2.00. The molecule has 0 aliphatic rings. The maximum Gasteiger partial charge on any atom is 0.0706 e. The molecule has 0 N–H and O–H groups in total. The van der Waals surface area contributed by atoms with Crippen molar-refractivity contribution in [2.24, 2.45) is 0 Å². The number of nitrogens with zero attached hydrogens (tertiary/aromatic N) is 2. The van der Waals surface area contributed by atoms with E-state index in [1.807, 2.05) is 19.9 Å². The molecular formula is C9H14N2O. The SMILES string of the molecule is CCC(CC#N)OC(C)CC#N. The minimum absolute atomic E-state index is 0.0154. The molecule has 2 atom stereocenters. The highest BCUT2D eigenvalue weighted by Crippen LogP contribution is 2.08. The number of hydrogen-bond acceptors (Lipinski definition) is 3. The molecule has 0 saturated heterocycles. The van der Waals surface area contributed by atoms with Crippen LogP contribution in [0.15, 0.2) is 0 Å². The van der Waals surface area contributed by atoms with Crippen LogP contribution in [0.5, 0.6) is 0 Å². The Bertz CT molecular complexity index is 190. The molecular weight excluding hydrogens is 152 g/mol. The molecule has 12 heavy (non-hydrogen) atoms. The van der Waals surface area contributed by atoms with Crippen LogP contribution in [-0.4, -0.2) is 12.2 Å². The minimum Gasteiger partial charge on any atom is -0.373 e. The van der Waals surface area contributed by atoms with Crippen LogP contribution >= 0.6 is 0 Å². The smallest absolute Gasteiger partial charge is 0.0706 e. The van der Waals surface area contributed by atoms with Crippen molar-refractivity contribution in [3.05, 3.63) is 0 Å². The standard InChI is InChI=1S/C9H14N2O/c1-3-9(5-7-11)12-8(2)4-6-10/h8-9H,3-5H2,1-2H3. The largest absolute Gasteiger partial charge is 0.373 e. The molecule has 0 aliphatic heterocycles. The van der Waals surface area contributed by atoms with Gasteiger partial charge in [-0.1, -0.05) is 6.92 Å². The molecule has 0 radical (unpaired) electrons. The third-order valence-electron chi connectivity index (χ3n) is 1.58. The topological polar surface area (TPSA) is 56.8 Å². The fourth-order valence-electron chi connectivity index (χ4n) is 0.896. The molecule has 0 fully saturated rings. The van der Waals surface area contributed by atoms with Crippen LogP contribution in [0.2, 0.25) is 0 Å². The summed E-state index contributed by atoms with van der Waals surface area (Å²) in [6.07, 6.45) is 1.55. The van der Waals surface area contributed by atoms with Crippen molar-refractivity contribution in [2.75, 3.05) is 0 Å². The fraction of sp³-hybridized carbons (Fsp3) is 0.778. The van der Waals surface area contributed by atoms with E-state index < -0.39 is 0 Å². The first-order chi connectivity index (χ1) is 5.74. The number of rotatable bonds is 5. The van der Waals surface area contributed by atoms with E-state index in [9.17, 15) is 0 Å². The molecule has 0 aliphatic carbocycles. The Balaban J connectivity index is 3.71. The first-order valence-electron chi connectivity index (χ1n) is 4.13. The first kappa shape index (κ1) is 10.9. The lowest BCUT2D eigenvalue weighted by Gasteiger charge is -2.16. The maximum absolute atomic E-state index is 8.42. The van der Waals surface area contributed by atoms with Gasteiger partial charge < -0.3 is 4.74 Å². The second kappa shape index (κ2) is 6.64. The number of nitriles is 2. The highest BCUT2D eigenvalue weighted by Gasteiger charge is 2.10. The van der Waals surface area contributed by atoms with Gasteiger partial charge in [0.15, 0.2) is 0 Å². The Morgan fingerprint density at radius 2 is 1.83 bits per heavy atom. The zero-order valence-electron chi connectivity index (χ0n) is 7.58. The third-order valence-corrected chi connectivity index (χ3v) is 1.58. The lowest BCUT2D eigenvalue weighted by atomic mass is 10.2. The summed E-state index contributed by atoms with van der Waals surface area (Å²) in [5, 5.41) is 16.8. The van der Waals surface area contributed by atoms with Gasteiger partial charge in [0, 0.05) is 0 Å². The molecule has 0 heterocycles. The zero-order chi connectivity index (χ0) is 9.40. The summed E-state index contributed by atoms with van der Waals surface area (Å²) in [6.45, 7) is 3.82. The number of ether oxygens (including phenoxy) is 1. The summed E-state index contributed by atoms with van der Waals surface area (Å²) < 4.78 is 5.44. The fourth-order valence-corrected chi connectivity index (χ4v) is 0.896. The molecule has 0 amide bonds. The van der Waals surface area contributed by atoms with E-state index in [0.717, 1.165) is 6.42 Å². The minimum atomic E-state index is -0.0618. The van der Waals surface area contributed by atoms with Gasteiger partial charge in [-0.05, 0) is 13.3 Å². The zero-order valence-corrected chi connectivity index (χ0v) is 7.58. The molecule has 2 unspecified atom stereocenters. The average molecular weight is 166 g/mol. The first-order valence-corrected chi connectivity index (χ1v) is 4.13. The third kappa shape index (κ3) is 4.71. The predicted molar refractivity (Wildman–Crippen MR) is 45.1 cm³/mol. The highest BCUT2D eigenvalue weighted by atomic mass is 16.5. The van der Waals surface area contributed by atoms with Crippen molar-refractivity contribution >= 4 is 0 Å². The Morgan fingerprint density at radius 1 is 1.25 bits per heavy atom. The maximum atomic E-state index is 8.42. The van der Waals surface area contributed by atoms with Crippen LogP contribution in [0.4, 0.5) is 0 Å². The Morgan fingerprint density at radius 3 is 2.25 bits per heavy atom. The van der Waals surface area contributed by atoms with Gasteiger partial charge in [-0.3, -0.25) is 0 Å². The van der Waals surface area contributed by atoms with Crippen molar-refractivity contribution in [2.45, 2.75) is 45.3 Å². The van der Waals surface area contributed by atoms with Gasteiger partial charge in [-0.2, -0.15) is 10.5 Å². The van der Waals surface area contributed by atoms with E-state index in [1.54, 1.807) is 0 Å². The van der Waals surface area contributed by atoms with Crippen LogP contribution in [0.1, 0.15) is 33.1 Å². The normalized spacial score (nSPS) is 14.3.